The number of aryl methyl sites for hydroxylation is 2. The first-order valence-electron chi connectivity index (χ1n) is 23.5. The molecule has 1 radical (unpaired) electrons. The topological polar surface area (TPSA) is 57.0 Å². The van der Waals surface area contributed by atoms with E-state index in [0.29, 0.717) is 16.8 Å². The summed E-state index contributed by atoms with van der Waals surface area (Å²) in [6.07, 6.45) is 1.32. The van der Waals surface area contributed by atoms with E-state index in [1.54, 1.807) is 12.1 Å². The van der Waals surface area contributed by atoms with Gasteiger partial charge in [0.15, 0.2) is 0 Å². The molecule has 7 aromatic carbocycles. The number of hydrogen-bond donors (Lipinski definition) is 0. The predicted molar refractivity (Wildman–Crippen MR) is 251 cm³/mol. The third-order valence-electron chi connectivity index (χ3n) is 11.3. The van der Waals surface area contributed by atoms with E-state index in [4.69, 9.17) is 22.0 Å². The molecule has 4 aromatic heterocycles. The molecule has 0 fully saturated rings. The van der Waals surface area contributed by atoms with Crippen LogP contribution < -0.4 is 0 Å². The van der Waals surface area contributed by atoms with Gasteiger partial charge in [-0.2, -0.15) is 0 Å². The van der Waals surface area contributed by atoms with E-state index in [9.17, 15) is 0 Å². The zero-order valence-electron chi connectivity index (χ0n) is 40.6. The van der Waals surface area contributed by atoms with Gasteiger partial charge in [-0.05, 0) is 71.4 Å². The molecule has 6 heteroatoms. The molecular formula is C56H45IrN3O2-2. The van der Waals surface area contributed by atoms with Gasteiger partial charge in [-0.15, -0.1) is 47.5 Å². The van der Waals surface area contributed by atoms with Crippen molar-refractivity contribution in [1.82, 2.24) is 14.5 Å². The maximum Gasteiger partial charge on any atom is 0.140 e. The minimum atomic E-state index is -2.27. The molecule has 0 bridgehead atoms. The number of rotatable bonds is 6. The maximum absolute atomic E-state index is 7.77. The Morgan fingerprint density at radius 2 is 1.37 bits per heavy atom. The van der Waals surface area contributed by atoms with Crippen LogP contribution in [0.1, 0.15) is 70.0 Å². The third-order valence-corrected chi connectivity index (χ3v) is 11.3. The van der Waals surface area contributed by atoms with Crippen LogP contribution in [0, 0.1) is 25.8 Å². The Hall–Kier alpha value is -6.59. The van der Waals surface area contributed by atoms with E-state index in [2.05, 4.69) is 110 Å². The van der Waals surface area contributed by atoms with Crippen molar-refractivity contribution < 1.29 is 37.2 Å². The van der Waals surface area contributed by atoms with Crippen LogP contribution >= 0.6 is 0 Å². The monoisotopic (exact) mass is 990 g/mol. The van der Waals surface area contributed by atoms with Crippen molar-refractivity contribution in [3.05, 3.63) is 186 Å². The Morgan fingerprint density at radius 1 is 0.661 bits per heavy atom. The molecule has 0 aliphatic rings. The number of aromatic nitrogens is 3. The number of benzene rings is 7. The molecule has 0 saturated heterocycles. The largest absolute Gasteiger partial charge is 0.501 e. The Balaban J connectivity index is 0.000000186. The molecule has 307 valence electrons. The van der Waals surface area contributed by atoms with Crippen LogP contribution in [-0.4, -0.2) is 14.5 Å². The molecule has 4 heterocycles. The van der Waals surface area contributed by atoms with E-state index < -0.39 is 13.7 Å². The normalized spacial score (nSPS) is 13.4. The van der Waals surface area contributed by atoms with Crippen molar-refractivity contribution in [1.29, 1.82) is 0 Å². The molecule has 11 aromatic rings. The van der Waals surface area contributed by atoms with Crippen molar-refractivity contribution in [3.63, 3.8) is 0 Å². The standard InChI is InChI=1S/C37H29N2O2.C19H16N.Ir/c1-21(2)27-20-28-24-13-6-10-19-32(24)41-36(28)33(22(3)4)34(27)39-30-17-8-7-16-29(30)38-37(39)26-15-11-14-25-23-12-5-9-18-31(23)40-35(25)26;1-14-8-11-19(20-13-14)17-10-9-15(2)18(12-17)16-6-4-3-5-7-16;/h5-14,16-22H,1-4H3;3-9,11-13H,1-2H3;/q2*-1;/i;1D3,2D3;. The molecular weight excluding hydrogens is 939 g/mol. The number of pyridine rings is 1. The zero-order chi connectivity index (χ0) is 46.8. The van der Waals surface area contributed by atoms with Crippen LogP contribution in [0.25, 0.3) is 94.4 Å². The summed E-state index contributed by atoms with van der Waals surface area (Å²) in [5, 5.41) is 4.46. The molecule has 62 heavy (non-hydrogen) atoms. The van der Waals surface area contributed by atoms with E-state index in [1.807, 2.05) is 60.7 Å². The summed E-state index contributed by atoms with van der Waals surface area (Å²) in [6, 6.07) is 53.3. The number of furan rings is 2. The Kier molecular flexibility index (Phi) is 9.17. The van der Waals surface area contributed by atoms with Gasteiger partial charge in [-0.1, -0.05) is 142 Å². The summed E-state index contributed by atoms with van der Waals surface area (Å²) in [4.78, 5) is 9.45. The quantitative estimate of drug-likeness (QED) is 0.156. The fraction of sp³-hybridized carbons (Fsp3) is 0.143. The molecule has 0 aliphatic carbocycles. The fourth-order valence-electron chi connectivity index (χ4n) is 8.45. The minimum Gasteiger partial charge on any atom is -0.501 e. The second-order valence-electron chi connectivity index (χ2n) is 15.9. The number of hydrogen-bond acceptors (Lipinski definition) is 4. The fourth-order valence-corrected chi connectivity index (χ4v) is 8.45. The Bertz CT molecular complexity index is 3620. The number of imidazole rings is 1. The summed E-state index contributed by atoms with van der Waals surface area (Å²) in [5.41, 5.74) is 12.8. The van der Waals surface area contributed by atoms with Gasteiger partial charge < -0.3 is 18.4 Å². The summed E-state index contributed by atoms with van der Waals surface area (Å²) >= 11 is 0. The predicted octanol–water partition coefficient (Wildman–Crippen LogP) is 15.4. The minimum absolute atomic E-state index is 0. The van der Waals surface area contributed by atoms with Gasteiger partial charge in [-0.3, -0.25) is 4.98 Å². The number of nitrogens with zero attached hydrogens (tertiary/aromatic N) is 3. The zero-order valence-corrected chi connectivity index (χ0v) is 37.0. The van der Waals surface area contributed by atoms with Crippen molar-refractivity contribution in [2.45, 2.75) is 53.2 Å². The third kappa shape index (κ3) is 7.13. The van der Waals surface area contributed by atoms with E-state index in [1.165, 1.54) is 29.5 Å². The van der Waals surface area contributed by atoms with Gasteiger partial charge >= 0.3 is 0 Å². The van der Waals surface area contributed by atoms with Crippen LogP contribution in [0.4, 0.5) is 0 Å². The van der Waals surface area contributed by atoms with E-state index in [-0.39, 0.29) is 43.1 Å². The summed E-state index contributed by atoms with van der Waals surface area (Å²) in [6.45, 7) is 4.55. The van der Waals surface area contributed by atoms with Gasteiger partial charge in [0.1, 0.15) is 16.7 Å². The molecule has 0 N–H and O–H groups in total. The second-order valence-corrected chi connectivity index (χ2v) is 15.9. The Labute approximate surface area is 383 Å². The van der Waals surface area contributed by atoms with Crippen LogP contribution in [0.5, 0.6) is 0 Å². The van der Waals surface area contributed by atoms with Gasteiger partial charge in [0.2, 0.25) is 0 Å². The van der Waals surface area contributed by atoms with Crippen LogP contribution in [0.2, 0.25) is 0 Å². The SMILES string of the molecule is CC(C)c1cc2c(oc3ccccc32)c(C(C)C)c1-n1c(-c2[c-]ccc3c2oc2ccccc23)nc2ccccc21.[2H]C([2H])([2H])c1ccc(-c2[c-]cc(C([2H])([2H])[2H])c(-c3ccccc3)c2)nc1.[Ir]. The number of fused-ring (bicyclic) bond motifs is 7. The molecule has 0 aliphatic heterocycles. The van der Waals surface area contributed by atoms with E-state index >= 15 is 0 Å². The summed E-state index contributed by atoms with van der Waals surface area (Å²) < 4.78 is 61.0. The molecule has 11 rings (SSSR count). The first-order chi connectivity index (χ1) is 32.2. The first kappa shape index (κ1) is 34.0. The maximum atomic E-state index is 7.77. The summed E-state index contributed by atoms with van der Waals surface area (Å²) in [7, 11) is 0. The van der Waals surface area contributed by atoms with Crippen molar-refractivity contribution in [2.24, 2.45) is 0 Å². The molecule has 0 atom stereocenters. The molecule has 0 unspecified atom stereocenters. The van der Waals surface area contributed by atoms with Crippen LogP contribution in [-0.2, 0) is 20.1 Å². The Morgan fingerprint density at radius 3 is 2.08 bits per heavy atom. The van der Waals surface area contributed by atoms with Crippen molar-refractivity contribution >= 4 is 54.9 Å². The van der Waals surface area contributed by atoms with E-state index in [0.717, 1.165) is 77.5 Å². The number of para-hydroxylation sites is 4. The molecule has 5 nitrogen and oxygen atoms in total. The van der Waals surface area contributed by atoms with Gasteiger partial charge in [0, 0.05) is 61.9 Å². The van der Waals surface area contributed by atoms with Crippen molar-refractivity contribution in [3.8, 4) is 39.5 Å². The van der Waals surface area contributed by atoms with Crippen LogP contribution in [0.3, 0.4) is 0 Å². The second kappa shape index (κ2) is 16.7. The molecule has 0 amide bonds. The van der Waals surface area contributed by atoms with Crippen molar-refractivity contribution in [2.75, 3.05) is 0 Å². The smallest absolute Gasteiger partial charge is 0.140 e. The molecule has 0 spiro atoms. The molecule has 0 saturated carbocycles. The van der Waals surface area contributed by atoms with Gasteiger partial charge in [0.25, 0.3) is 0 Å². The van der Waals surface area contributed by atoms with Crippen LogP contribution in [0.15, 0.2) is 161 Å². The average Bonchev–Trinajstić information content (AvgIpc) is 4.02. The van der Waals surface area contributed by atoms with Gasteiger partial charge in [-0.25, -0.2) is 0 Å². The van der Waals surface area contributed by atoms with Gasteiger partial charge in [0.05, 0.1) is 22.4 Å². The first-order valence-corrected chi connectivity index (χ1v) is 20.5. The summed E-state index contributed by atoms with van der Waals surface area (Å²) in [5.74, 6) is 1.28. The average molecular weight is 990 g/mol.